The molecule has 3 aromatic carbocycles. The fourth-order valence-electron chi connectivity index (χ4n) is 4.81. The summed E-state index contributed by atoms with van der Waals surface area (Å²) in [7, 11) is 1.57. The number of carbonyl (C=O) groups excluding carboxylic acids is 1. The van der Waals surface area contributed by atoms with E-state index in [1.54, 1.807) is 12.0 Å². The molecule has 0 spiro atoms. The Morgan fingerprint density at radius 2 is 1.58 bits per heavy atom. The minimum Gasteiger partial charge on any atom is -0.493 e. The number of hydrogen-bond acceptors (Lipinski definition) is 5. The summed E-state index contributed by atoms with van der Waals surface area (Å²) in [5.74, 6) is 0.866. The van der Waals surface area contributed by atoms with Crippen LogP contribution in [-0.4, -0.2) is 19.6 Å². The molecule has 1 unspecified atom stereocenters. The second kappa shape index (κ2) is 8.86. The number of benzene rings is 3. The summed E-state index contributed by atoms with van der Waals surface area (Å²) in [6, 6.07) is 14.4. The molecule has 0 fully saturated rings. The summed E-state index contributed by atoms with van der Waals surface area (Å²) < 4.78 is 17.4. The first-order valence-corrected chi connectivity index (χ1v) is 12.0. The third-order valence-corrected chi connectivity index (χ3v) is 7.06. The molecule has 36 heavy (non-hydrogen) atoms. The van der Waals surface area contributed by atoms with Gasteiger partial charge in [-0.2, -0.15) is 0 Å². The van der Waals surface area contributed by atoms with E-state index in [0.29, 0.717) is 40.3 Å². The fraction of sp³-hybridized carbons (Fsp3) is 0.267. The minimum absolute atomic E-state index is 0.0758. The van der Waals surface area contributed by atoms with Gasteiger partial charge in [0.15, 0.2) is 16.9 Å². The summed E-state index contributed by atoms with van der Waals surface area (Å²) in [6.45, 7) is 10.3. The van der Waals surface area contributed by atoms with E-state index in [-0.39, 0.29) is 17.1 Å². The van der Waals surface area contributed by atoms with Crippen molar-refractivity contribution in [1.29, 1.82) is 0 Å². The molecule has 1 amide bonds. The first-order chi connectivity index (χ1) is 17.2. The molecule has 1 aromatic heterocycles. The van der Waals surface area contributed by atoms with Crippen LogP contribution >= 0.6 is 0 Å². The third-order valence-electron chi connectivity index (χ3n) is 7.06. The van der Waals surface area contributed by atoms with E-state index in [2.05, 4.69) is 0 Å². The summed E-state index contributed by atoms with van der Waals surface area (Å²) in [6.07, 6.45) is 0. The number of fused-ring (bicyclic) bond motifs is 2. The van der Waals surface area contributed by atoms with Crippen molar-refractivity contribution in [2.75, 3.05) is 18.6 Å². The van der Waals surface area contributed by atoms with Crippen LogP contribution in [0.1, 0.15) is 56.9 Å². The van der Waals surface area contributed by atoms with Crippen LogP contribution in [0.5, 0.6) is 11.5 Å². The monoisotopic (exact) mass is 483 g/mol. The summed E-state index contributed by atoms with van der Waals surface area (Å²) >= 11 is 0. The summed E-state index contributed by atoms with van der Waals surface area (Å²) in [5.41, 5.74) is 6.13. The molecule has 1 atom stereocenters. The van der Waals surface area contributed by atoms with Gasteiger partial charge in [-0.3, -0.25) is 14.5 Å². The first-order valence-electron chi connectivity index (χ1n) is 12.0. The van der Waals surface area contributed by atoms with E-state index in [9.17, 15) is 9.59 Å². The molecule has 184 valence electrons. The fourth-order valence-corrected chi connectivity index (χ4v) is 4.81. The number of ether oxygens (including phenoxy) is 2. The summed E-state index contributed by atoms with van der Waals surface area (Å²) in [4.78, 5) is 29.5. The summed E-state index contributed by atoms with van der Waals surface area (Å²) in [5, 5.41) is 0.467. The van der Waals surface area contributed by atoms with Crippen molar-refractivity contribution in [3.63, 3.8) is 0 Å². The van der Waals surface area contributed by atoms with Gasteiger partial charge in [-0.1, -0.05) is 12.1 Å². The van der Waals surface area contributed by atoms with Gasteiger partial charge in [0.05, 0.1) is 30.7 Å². The maximum atomic E-state index is 13.9. The second-order valence-corrected chi connectivity index (χ2v) is 9.30. The average Bonchev–Trinajstić information content (AvgIpc) is 3.15. The average molecular weight is 484 g/mol. The standard InChI is InChI=1S/C30H29NO5/c1-7-35-23-11-9-20(15-25(23)34-6)27-26-28(32)22-13-18(4)19(5)14-24(22)36-29(26)30(33)31(27)21-10-8-16(2)17(3)12-21/h8-15,27H,7H2,1-6H3. The Morgan fingerprint density at radius 1 is 0.861 bits per heavy atom. The molecule has 4 aromatic rings. The van der Waals surface area contributed by atoms with Gasteiger partial charge in [0, 0.05) is 5.69 Å². The van der Waals surface area contributed by atoms with E-state index in [4.69, 9.17) is 13.9 Å². The molecule has 0 saturated carbocycles. The van der Waals surface area contributed by atoms with E-state index in [0.717, 1.165) is 27.8 Å². The lowest BCUT2D eigenvalue weighted by Gasteiger charge is -2.26. The van der Waals surface area contributed by atoms with E-state index < -0.39 is 6.04 Å². The molecule has 0 radical (unpaired) electrons. The van der Waals surface area contributed by atoms with Crippen LogP contribution in [0.3, 0.4) is 0 Å². The Kier molecular flexibility index (Phi) is 5.83. The highest BCUT2D eigenvalue weighted by molar-refractivity contribution is 6.10. The van der Waals surface area contributed by atoms with Crippen molar-refractivity contribution < 1.29 is 18.7 Å². The zero-order valence-corrected chi connectivity index (χ0v) is 21.4. The van der Waals surface area contributed by atoms with Crippen LogP contribution in [-0.2, 0) is 0 Å². The van der Waals surface area contributed by atoms with Crippen molar-refractivity contribution in [2.24, 2.45) is 0 Å². The van der Waals surface area contributed by atoms with Gasteiger partial charge in [0.25, 0.3) is 5.91 Å². The van der Waals surface area contributed by atoms with Gasteiger partial charge in [-0.05, 0) is 98.8 Å². The quantitative estimate of drug-likeness (QED) is 0.339. The Balaban J connectivity index is 1.80. The molecule has 0 aliphatic carbocycles. The number of aryl methyl sites for hydroxylation is 4. The molecule has 1 aliphatic heterocycles. The highest BCUT2D eigenvalue weighted by atomic mass is 16.5. The number of amides is 1. The third kappa shape index (κ3) is 3.65. The zero-order valence-electron chi connectivity index (χ0n) is 21.4. The number of anilines is 1. The van der Waals surface area contributed by atoms with Gasteiger partial charge in [0.2, 0.25) is 5.76 Å². The number of hydrogen-bond donors (Lipinski definition) is 0. The molecule has 0 saturated heterocycles. The van der Waals surface area contributed by atoms with Crippen molar-refractivity contribution in [3.8, 4) is 11.5 Å². The second-order valence-electron chi connectivity index (χ2n) is 9.30. The van der Waals surface area contributed by atoms with Crippen molar-refractivity contribution in [3.05, 3.63) is 97.9 Å². The van der Waals surface area contributed by atoms with Crippen molar-refractivity contribution >= 4 is 22.6 Å². The topological polar surface area (TPSA) is 69.0 Å². The molecule has 0 N–H and O–H groups in total. The maximum absolute atomic E-state index is 13.9. The van der Waals surface area contributed by atoms with Crippen molar-refractivity contribution in [2.45, 2.75) is 40.7 Å². The van der Waals surface area contributed by atoms with E-state index >= 15 is 0 Å². The van der Waals surface area contributed by atoms with Crippen LogP contribution in [0.4, 0.5) is 5.69 Å². The molecule has 6 nitrogen and oxygen atoms in total. The largest absolute Gasteiger partial charge is 0.493 e. The molecular formula is C30H29NO5. The lowest BCUT2D eigenvalue weighted by Crippen LogP contribution is -2.29. The predicted octanol–water partition coefficient (Wildman–Crippen LogP) is 6.18. The molecule has 1 aliphatic rings. The number of methoxy groups -OCH3 is 1. The van der Waals surface area contributed by atoms with Crippen LogP contribution in [0, 0.1) is 27.7 Å². The van der Waals surface area contributed by atoms with Gasteiger partial charge < -0.3 is 13.9 Å². The Labute approximate surface area is 210 Å². The molecule has 0 bridgehead atoms. The van der Waals surface area contributed by atoms with Gasteiger partial charge in [-0.15, -0.1) is 0 Å². The number of nitrogens with zero attached hydrogens (tertiary/aromatic N) is 1. The lowest BCUT2D eigenvalue weighted by atomic mass is 9.96. The first kappa shape index (κ1) is 23.7. The predicted molar refractivity (Wildman–Crippen MR) is 141 cm³/mol. The van der Waals surface area contributed by atoms with Crippen molar-refractivity contribution in [1.82, 2.24) is 0 Å². The highest BCUT2D eigenvalue weighted by Crippen LogP contribution is 2.43. The van der Waals surface area contributed by atoms with Crippen LogP contribution in [0.25, 0.3) is 11.0 Å². The maximum Gasteiger partial charge on any atom is 0.295 e. The Bertz CT molecular complexity index is 1580. The van der Waals surface area contributed by atoms with Crippen LogP contribution < -0.4 is 19.8 Å². The Hall–Kier alpha value is -4.06. The molecule has 6 heteroatoms. The molecule has 2 heterocycles. The van der Waals surface area contributed by atoms with Crippen LogP contribution in [0.2, 0.25) is 0 Å². The van der Waals surface area contributed by atoms with Gasteiger partial charge in [0.1, 0.15) is 5.58 Å². The number of carbonyl (C=O) groups is 1. The lowest BCUT2D eigenvalue weighted by molar-refractivity contribution is 0.0971. The van der Waals surface area contributed by atoms with Crippen LogP contribution in [0.15, 0.2) is 57.7 Å². The zero-order chi connectivity index (χ0) is 25.7. The van der Waals surface area contributed by atoms with E-state index in [1.165, 1.54) is 0 Å². The van der Waals surface area contributed by atoms with Gasteiger partial charge >= 0.3 is 0 Å². The smallest absolute Gasteiger partial charge is 0.295 e. The highest BCUT2D eigenvalue weighted by Gasteiger charge is 2.44. The SMILES string of the molecule is CCOc1ccc(C2c3c(oc4cc(C)c(C)cc4c3=O)C(=O)N2c2ccc(C)c(C)c2)cc1OC. The normalized spacial score (nSPS) is 14.9. The number of rotatable bonds is 5. The van der Waals surface area contributed by atoms with E-state index in [1.807, 2.05) is 83.1 Å². The minimum atomic E-state index is -0.679. The molecule has 5 rings (SSSR count). The van der Waals surface area contributed by atoms with Gasteiger partial charge in [-0.25, -0.2) is 0 Å². The molecular weight excluding hydrogens is 454 g/mol. The Morgan fingerprint density at radius 3 is 2.28 bits per heavy atom.